The molecule has 1 amide bonds. The first-order valence-corrected chi connectivity index (χ1v) is 9.62. The van der Waals surface area contributed by atoms with Gasteiger partial charge in [0.05, 0.1) is 25.9 Å². The Labute approximate surface area is 168 Å². The number of thiophene rings is 1. The van der Waals surface area contributed by atoms with Crippen molar-refractivity contribution in [1.82, 2.24) is 5.32 Å². The van der Waals surface area contributed by atoms with E-state index in [0.717, 1.165) is 24.9 Å². The van der Waals surface area contributed by atoms with Crippen molar-refractivity contribution in [2.45, 2.75) is 44.9 Å². The van der Waals surface area contributed by atoms with Crippen LogP contribution < -0.4 is 10.6 Å². The number of hydrogen-bond donors (Lipinski definition) is 2. The maximum Gasteiger partial charge on any atom is 0.442 e. The highest BCUT2D eigenvalue weighted by atomic mass is 32.1. The number of methoxy groups -OCH3 is 1. The number of fused-ring (bicyclic) bond motifs is 1. The highest BCUT2D eigenvalue weighted by Crippen LogP contribution is 2.43. The van der Waals surface area contributed by atoms with Gasteiger partial charge in [0, 0.05) is 4.88 Å². The van der Waals surface area contributed by atoms with Crippen molar-refractivity contribution in [3.05, 3.63) is 16.0 Å². The van der Waals surface area contributed by atoms with Crippen molar-refractivity contribution in [1.29, 1.82) is 0 Å². The standard InChI is InChI=1S/C17H21F3N2O6S/c1-4-27-14(24)16(17(18,19)20,22-15(25)28-5-2)21-12-11(13(23)26-3)9-7-6-8-10(9)29-12/h21H,4-8H2,1-3H3,(H,22,25). The van der Waals surface area contributed by atoms with Crippen LogP contribution in [0.3, 0.4) is 0 Å². The van der Waals surface area contributed by atoms with Crippen LogP contribution >= 0.6 is 11.3 Å². The number of hydrogen-bond acceptors (Lipinski definition) is 8. The van der Waals surface area contributed by atoms with Crippen LogP contribution in [0.1, 0.15) is 41.1 Å². The van der Waals surface area contributed by atoms with Crippen molar-refractivity contribution < 1.29 is 41.8 Å². The van der Waals surface area contributed by atoms with Gasteiger partial charge in [0.2, 0.25) is 0 Å². The zero-order valence-electron chi connectivity index (χ0n) is 16.0. The molecular formula is C17H21F3N2O6S. The zero-order chi connectivity index (χ0) is 21.8. The van der Waals surface area contributed by atoms with Crippen molar-refractivity contribution in [2.24, 2.45) is 0 Å². The molecule has 8 nitrogen and oxygen atoms in total. The first kappa shape index (κ1) is 22.8. The van der Waals surface area contributed by atoms with Crippen LogP contribution in [0.25, 0.3) is 0 Å². The minimum atomic E-state index is -5.33. The third-order valence-electron chi connectivity index (χ3n) is 4.18. The minimum absolute atomic E-state index is 0.0893. The molecule has 1 heterocycles. The number of carbonyl (C=O) groups excluding carboxylic acids is 3. The average Bonchev–Trinajstić information content (AvgIpc) is 3.20. The third kappa shape index (κ3) is 4.41. The predicted octanol–water partition coefficient (Wildman–Crippen LogP) is 3.00. The summed E-state index contributed by atoms with van der Waals surface area (Å²) in [6.07, 6.45) is -4.99. The largest absolute Gasteiger partial charge is 0.465 e. The number of ether oxygens (including phenoxy) is 3. The summed E-state index contributed by atoms with van der Waals surface area (Å²) in [6.45, 7) is 2.13. The van der Waals surface area contributed by atoms with E-state index in [0.29, 0.717) is 23.3 Å². The van der Waals surface area contributed by atoms with E-state index in [4.69, 9.17) is 4.74 Å². The summed E-state index contributed by atoms with van der Waals surface area (Å²) in [4.78, 5) is 37.2. The summed E-state index contributed by atoms with van der Waals surface area (Å²) in [7, 11) is 1.10. The van der Waals surface area contributed by atoms with E-state index >= 15 is 0 Å². The number of alkyl halides is 3. The normalized spacial score (nSPS) is 15.1. The first-order chi connectivity index (χ1) is 13.6. The van der Waals surface area contributed by atoms with E-state index in [2.05, 4.69) is 9.47 Å². The number of alkyl carbamates (subject to hydrolysis) is 1. The Kier molecular flexibility index (Phi) is 6.98. The second-order valence-electron chi connectivity index (χ2n) is 5.99. The molecule has 1 aromatic heterocycles. The second kappa shape index (κ2) is 8.89. The lowest BCUT2D eigenvalue weighted by atomic mass is 10.1. The molecule has 1 unspecified atom stereocenters. The van der Waals surface area contributed by atoms with Crippen LogP contribution in [-0.2, 0) is 31.8 Å². The molecule has 2 N–H and O–H groups in total. The lowest BCUT2D eigenvalue weighted by molar-refractivity contribution is -0.205. The Morgan fingerprint density at radius 1 is 1.10 bits per heavy atom. The SMILES string of the molecule is CCOC(=O)NC(Nc1sc2c(c1C(=O)OC)CCC2)(C(=O)OCC)C(F)(F)F. The monoisotopic (exact) mass is 438 g/mol. The van der Waals surface area contributed by atoms with Gasteiger partial charge >= 0.3 is 29.9 Å². The molecule has 2 rings (SSSR count). The highest BCUT2D eigenvalue weighted by molar-refractivity contribution is 7.16. The van der Waals surface area contributed by atoms with Gasteiger partial charge in [-0.1, -0.05) is 0 Å². The molecule has 12 heteroatoms. The van der Waals surface area contributed by atoms with Crippen LogP contribution in [0.2, 0.25) is 0 Å². The van der Waals surface area contributed by atoms with Gasteiger partial charge in [-0.3, -0.25) is 5.32 Å². The van der Waals surface area contributed by atoms with E-state index in [-0.39, 0.29) is 23.8 Å². The van der Waals surface area contributed by atoms with Gasteiger partial charge in [-0.05, 0) is 38.7 Å². The van der Waals surface area contributed by atoms with E-state index < -0.39 is 29.9 Å². The van der Waals surface area contributed by atoms with Gasteiger partial charge in [0.1, 0.15) is 5.00 Å². The zero-order valence-corrected chi connectivity index (χ0v) is 16.8. The molecule has 162 valence electrons. The summed E-state index contributed by atoms with van der Waals surface area (Å²) >= 11 is 0.899. The maximum absolute atomic E-state index is 14.1. The molecule has 0 saturated heterocycles. The Bertz CT molecular complexity index is 795. The van der Waals surface area contributed by atoms with E-state index in [9.17, 15) is 27.6 Å². The van der Waals surface area contributed by atoms with Crippen LogP contribution in [0.4, 0.5) is 23.0 Å². The molecule has 0 saturated carbocycles. The second-order valence-corrected chi connectivity index (χ2v) is 7.10. The van der Waals surface area contributed by atoms with Gasteiger partial charge in [0.25, 0.3) is 0 Å². The molecule has 0 aliphatic heterocycles. The van der Waals surface area contributed by atoms with Gasteiger partial charge in [-0.15, -0.1) is 11.3 Å². The van der Waals surface area contributed by atoms with Crippen molar-refractivity contribution in [3.8, 4) is 0 Å². The van der Waals surface area contributed by atoms with Crippen LogP contribution in [0, 0.1) is 0 Å². The Hall–Kier alpha value is -2.50. The molecule has 0 aromatic carbocycles. The van der Waals surface area contributed by atoms with Gasteiger partial charge in [0.15, 0.2) is 0 Å². The number of halogens is 3. The molecule has 0 fully saturated rings. The molecule has 1 aliphatic rings. The maximum atomic E-state index is 14.1. The fourth-order valence-corrected chi connectivity index (χ4v) is 4.26. The molecule has 0 radical (unpaired) electrons. The summed E-state index contributed by atoms with van der Waals surface area (Å²) < 4.78 is 56.1. The average molecular weight is 438 g/mol. The molecule has 29 heavy (non-hydrogen) atoms. The van der Waals surface area contributed by atoms with Crippen LogP contribution in [0.5, 0.6) is 0 Å². The molecular weight excluding hydrogens is 417 g/mol. The molecule has 1 aromatic rings. The van der Waals surface area contributed by atoms with Gasteiger partial charge in [-0.25, -0.2) is 14.4 Å². The molecule has 0 bridgehead atoms. The number of carbonyl (C=O) groups is 3. The minimum Gasteiger partial charge on any atom is -0.465 e. The number of aryl methyl sites for hydroxylation is 1. The number of nitrogens with one attached hydrogen (secondary N) is 2. The number of anilines is 1. The Balaban J connectivity index is 2.59. The topological polar surface area (TPSA) is 103 Å². The van der Waals surface area contributed by atoms with Gasteiger partial charge < -0.3 is 19.5 Å². The van der Waals surface area contributed by atoms with E-state index in [1.165, 1.54) is 19.2 Å². The summed E-state index contributed by atoms with van der Waals surface area (Å²) in [5.74, 6) is -2.63. The molecule has 1 atom stereocenters. The lowest BCUT2D eigenvalue weighted by Crippen LogP contribution is -2.69. The third-order valence-corrected chi connectivity index (χ3v) is 5.39. The Morgan fingerprint density at radius 3 is 2.31 bits per heavy atom. The van der Waals surface area contributed by atoms with Crippen molar-refractivity contribution >= 4 is 34.4 Å². The summed E-state index contributed by atoms with van der Waals surface area (Å²) in [6, 6.07) is 0. The van der Waals surface area contributed by atoms with Crippen LogP contribution in [-0.4, -0.2) is 50.2 Å². The highest BCUT2D eigenvalue weighted by Gasteiger charge is 2.64. The smallest absolute Gasteiger partial charge is 0.442 e. The fraction of sp³-hybridized carbons (Fsp3) is 0.588. The summed E-state index contributed by atoms with van der Waals surface area (Å²) in [5.41, 5.74) is -3.18. The summed E-state index contributed by atoms with van der Waals surface area (Å²) in [5, 5.41) is 3.32. The lowest BCUT2D eigenvalue weighted by Gasteiger charge is -2.34. The number of rotatable bonds is 7. The quantitative estimate of drug-likeness (QED) is 0.383. The van der Waals surface area contributed by atoms with E-state index in [1.54, 1.807) is 0 Å². The van der Waals surface area contributed by atoms with E-state index in [1.807, 2.05) is 5.32 Å². The van der Waals surface area contributed by atoms with Crippen LogP contribution in [0.15, 0.2) is 0 Å². The van der Waals surface area contributed by atoms with Gasteiger partial charge in [-0.2, -0.15) is 13.2 Å². The van der Waals surface area contributed by atoms with Crippen molar-refractivity contribution in [2.75, 3.05) is 25.6 Å². The number of amides is 1. The molecule has 0 spiro atoms. The Morgan fingerprint density at radius 2 is 1.76 bits per heavy atom. The van der Waals surface area contributed by atoms with Crippen molar-refractivity contribution in [3.63, 3.8) is 0 Å². The molecule has 1 aliphatic carbocycles. The predicted molar refractivity (Wildman–Crippen MR) is 96.9 cm³/mol. The fourth-order valence-electron chi connectivity index (χ4n) is 2.93. The number of esters is 2. The first-order valence-electron chi connectivity index (χ1n) is 8.81.